The van der Waals surface area contributed by atoms with Crippen molar-refractivity contribution in [3.8, 4) is 5.75 Å². The van der Waals surface area contributed by atoms with Gasteiger partial charge < -0.3 is 4.74 Å². The van der Waals surface area contributed by atoms with Gasteiger partial charge in [-0.05, 0) is 25.1 Å². The van der Waals surface area contributed by atoms with Crippen LogP contribution in [0.15, 0.2) is 23.6 Å². The summed E-state index contributed by atoms with van der Waals surface area (Å²) in [6, 6.07) is 3.84. The molecule has 0 bridgehead atoms. The largest absolute Gasteiger partial charge is 0.496 e. The zero-order valence-corrected chi connectivity index (χ0v) is 12.7. The highest BCUT2D eigenvalue weighted by molar-refractivity contribution is 7.89. The molecule has 0 aliphatic heterocycles. The van der Waals surface area contributed by atoms with E-state index in [1.807, 2.05) is 6.92 Å². The first-order valence-corrected chi connectivity index (χ1v) is 8.53. The van der Waals surface area contributed by atoms with E-state index >= 15 is 0 Å². The van der Waals surface area contributed by atoms with Crippen molar-refractivity contribution >= 4 is 21.2 Å². The third-order valence-corrected chi connectivity index (χ3v) is 4.96. The third kappa shape index (κ3) is 3.77. The van der Waals surface area contributed by atoms with Gasteiger partial charge in [0.15, 0.2) is 9.84 Å². The highest BCUT2D eigenvalue weighted by Crippen LogP contribution is 2.23. The topological polar surface area (TPSA) is 56.3 Å². The molecule has 0 amide bonds. The van der Waals surface area contributed by atoms with Gasteiger partial charge in [-0.2, -0.15) is 0 Å². The Hall–Kier alpha value is -1.47. The van der Waals surface area contributed by atoms with E-state index in [4.69, 9.17) is 4.74 Å². The second-order valence-corrected chi connectivity index (χ2v) is 7.47. The summed E-state index contributed by atoms with van der Waals surface area (Å²) in [5, 5.41) is 2.54. The monoisotopic (exact) mass is 315 g/mol. The third-order valence-electron chi connectivity index (χ3n) is 2.65. The molecule has 2 aromatic rings. The van der Waals surface area contributed by atoms with Crippen LogP contribution < -0.4 is 4.74 Å². The van der Waals surface area contributed by atoms with Crippen molar-refractivity contribution < 1.29 is 17.5 Å². The standard InChI is InChI=1S/C13H14FNO3S2/c1-9-15-12(6-19-9)8-20(16,17)7-10-5-11(14)3-4-13(10)18-2/h3-6H,7-8H2,1-2H3. The number of sulfone groups is 1. The van der Waals surface area contributed by atoms with Gasteiger partial charge >= 0.3 is 0 Å². The average molecular weight is 315 g/mol. The molecule has 0 saturated heterocycles. The van der Waals surface area contributed by atoms with E-state index in [9.17, 15) is 12.8 Å². The Morgan fingerprint density at radius 3 is 2.70 bits per heavy atom. The van der Waals surface area contributed by atoms with E-state index in [1.54, 1.807) is 5.38 Å². The Balaban J connectivity index is 2.22. The number of methoxy groups -OCH3 is 1. The van der Waals surface area contributed by atoms with Gasteiger partial charge in [0, 0.05) is 10.9 Å². The van der Waals surface area contributed by atoms with Gasteiger partial charge in [0.05, 0.1) is 29.3 Å². The number of nitrogens with zero attached hydrogens (tertiary/aromatic N) is 1. The lowest BCUT2D eigenvalue weighted by molar-refractivity contribution is 0.409. The lowest BCUT2D eigenvalue weighted by Crippen LogP contribution is -2.09. The molecular formula is C13H14FNO3S2. The SMILES string of the molecule is COc1ccc(F)cc1CS(=O)(=O)Cc1csc(C)n1. The van der Waals surface area contributed by atoms with E-state index in [1.165, 1.54) is 36.6 Å². The van der Waals surface area contributed by atoms with Gasteiger partial charge in [-0.1, -0.05) is 0 Å². The molecule has 4 nitrogen and oxygen atoms in total. The molecule has 0 saturated carbocycles. The van der Waals surface area contributed by atoms with E-state index in [-0.39, 0.29) is 11.5 Å². The highest BCUT2D eigenvalue weighted by atomic mass is 32.2. The molecule has 7 heteroatoms. The molecule has 0 aliphatic rings. The molecule has 1 aromatic heterocycles. The average Bonchev–Trinajstić information content (AvgIpc) is 2.73. The van der Waals surface area contributed by atoms with Crippen molar-refractivity contribution in [2.75, 3.05) is 7.11 Å². The molecule has 0 N–H and O–H groups in total. The molecule has 0 unspecified atom stereocenters. The van der Waals surface area contributed by atoms with Gasteiger partial charge in [-0.3, -0.25) is 0 Å². The summed E-state index contributed by atoms with van der Waals surface area (Å²) in [7, 11) is -2.00. The van der Waals surface area contributed by atoms with Gasteiger partial charge in [0.2, 0.25) is 0 Å². The summed E-state index contributed by atoms with van der Waals surface area (Å²) < 4.78 is 42.6. The van der Waals surface area contributed by atoms with Crippen LogP contribution >= 0.6 is 11.3 Å². The quantitative estimate of drug-likeness (QED) is 0.851. The number of hydrogen-bond acceptors (Lipinski definition) is 5. The molecule has 0 spiro atoms. The number of hydrogen-bond donors (Lipinski definition) is 0. The molecule has 0 radical (unpaired) electrons. The molecule has 1 aromatic carbocycles. The van der Waals surface area contributed by atoms with E-state index in [2.05, 4.69) is 4.98 Å². The molecule has 108 valence electrons. The van der Waals surface area contributed by atoms with Crippen molar-refractivity contribution in [3.05, 3.63) is 45.7 Å². The first-order chi connectivity index (χ1) is 9.39. The van der Waals surface area contributed by atoms with Crippen molar-refractivity contribution in [1.82, 2.24) is 4.98 Å². The predicted octanol–water partition coefficient (Wildman–Crippen LogP) is 2.71. The first-order valence-electron chi connectivity index (χ1n) is 5.83. The maximum Gasteiger partial charge on any atom is 0.160 e. The Morgan fingerprint density at radius 1 is 1.35 bits per heavy atom. The zero-order chi connectivity index (χ0) is 14.8. The molecule has 2 rings (SSSR count). The second-order valence-electron chi connectivity index (χ2n) is 4.35. The summed E-state index contributed by atoms with van der Waals surface area (Å²) >= 11 is 1.40. The van der Waals surface area contributed by atoms with E-state index < -0.39 is 15.7 Å². The van der Waals surface area contributed by atoms with E-state index in [0.717, 1.165) is 5.01 Å². The summed E-state index contributed by atoms with van der Waals surface area (Å²) in [6.07, 6.45) is 0. The maximum absolute atomic E-state index is 13.2. The summed E-state index contributed by atoms with van der Waals surface area (Å²) in [5.41, 5.74) is 0.835. The van der Waals surface area contributed by atoms with Crippen molar-refractivity contribution in [2.24, 2.45) is 0 Å². The van der Waals surface area contributed by atoms with Crippen molar-refractivity contribution in [2.45, 2.75) is 18.4 Å². The lowest BCUT2D eigenvalue weighted by atomic mass is 10.2. The fourth-order valence-electron chi connectivity index (χ4n) is 1.85. The minimum absolute atomic E-state index is 0.156. The van der Waals surface area contributed by atoms with Gasteiger partial charge in [0.25, 0.3) is 0 Å². The van der Waals surface area contributed by atoms with Crippen LogP contribution in [0.2, 0.25) is 0 Å². The molecule has 20 heavy (non-hydrogen) atoms. The van der Waals surface area contributed by atoms with Crippen molar-refractivity contribution in [1.29, 1.82) is 0 Å². The molecular weight excluding hydrogens is 301 g/mol. The summed E-state index contributed by atoms with van der Waals surface area (Å²) in [6.45, 7) is 1.82. The Kier molecular flexibility index (Phi) is 4.39. The molecule has 0 atom stereocenters. The predicted molar refractivity (Wildman–Crippen MR) is 76.1 cm³/mol. The first kappa shape index (κ1) is 14.9. The second kappa shape index (κ2) is 5.88. The van der Waals surface area contributed by atoms with Crippen LogP contribution in [0.5, 0.6) is 5.75 Å². The Morgan fingerprint density at radius 2 is 2.10 bits per heavy atom. The van der Waals surface area contributed by atoms with E-state index in [0.29, 0.717) is 17.0 Å². The number of rotatable bonds is 5. The normalized spacial score (nSPS) is 11.6. The Bertz CT molecular complexity index is 710. The Labute approximate surface area is 121 Å². The van der Waals surface area contributed by atoms with Crippen LogP contribution in [-0.4, -0.2) is 20.5 Å². The van der Waals surface area contributed by atoms with Crippen molar-refractivity contribution in [3.63, 3.8) is 0 Å². The van der Waals surface area contributed by atoms with Crippen LogP contribution in [0.3, 0.4) is 0 Å². The number of benzene rings is 1. The van der Waals surface area contributed by atoms with Gasteiger partial charge in [0.1, 0.15) is 11.6 Å². The van der Waals surface area contributed by atoms with Gasteiger partial charge in [-0.15, -0.1) is 11.3 Å². The maximum atomic E-state index is 13.2. The number of aryl methyl sites for hydroxylation is 1. The van der Waals surface area contributed by atoms with Crippen LogP contribution in [0.1, 0.15) is 16.3 Å². The van der Waals surface area contributed by atoms with Crippen LogP contribution in [0.4, 0.5) is 4.39 Å². The van der Waals surface area contributed by atoms with Crippen LogP contribution in [0.25, 0.3) is 0 Å². The molecule has 0 aliphatic carbocycles. The molecule has 0 fully saturated rings. The smallest absolute Gasteiger partial charge is 0.160 e. The number of halogens is 1. The zero-order valence-electron chi connectivity index (χ0n) is 11.1. The fraction of sp³-hybridized carbons (Fsp3) is 0.308. The summed E-state index contributed by atoms with van der Waals surface area (Å²) in [5.74, 6) is -0.549. The lowest BCUT2D eigenvalue weighted by Gasteiger charge is -2.08. The fourth-order valence-corrected chi connectivity index (χ4v) is 3.97. The van der Waals surface area contributed by atoms with Crippen LogP contribution in [-0.2, 0) is 21.3 Å². The van der Waals surface area contributed by atoms with Crippen LogP contribution in [0, 0.1) is 12.7 Å². The number of aromatic nitrogens is 1. The summed E-state index contributed by atoms with van der Waals surface area (Å²) in [4.78, 5) is 4.13. The minimum Gasteiger partial charge on any atom is -0.496 e. The number of thiazole rings is 1. The number of ether oxygens (including phenoxy) is 1. The van der Waals surface area contributed by atoms with Gasteiger partial charge in [-0.25, -0.2) is 17.8 Å². The highest BCUT2D eigenvalue weighted by Gasteiger charge is 2.18. The minimum atomic E-state index is -3.43. The molecule has 1 heterocycles.